The Morgan fingerprint density at radius 2 is 1.76 bits per heavy atom. The number of benzene rings is 2. The molecule has 2 aromatic rings. The maximum absolute atomic E-state index is 14.1. The first-order valence-corrected chi connectivity index (χ1v) is 16.1. The Kier molecular flexibility index (Phi) is 11.3. The number of nitrogens with zero attached hydrogens (tertiary/aromatic N) is 2. The van der Waals surface area contributed by atoms with Gasteiger partial charge in [-0.2, -0.15) is 0 Å². The number of rotatable bonds is 6. The third kappa shape index (κ3) is 9.05. The van der Waals surface area contributed by atoms with Crippen molar-refractivity contribution in [3.8, 4) is 5.75 Å². The van der Waals surface area contributed by atoms with Gasteiger partial charge in [0.1, 0.15) is 0 Å². The molecule has 0 spiro atoms. The van der Waals surface area contributed by atoms with E-state index in [4.69, 9.17) is 0 Å². The quantitative estimate of drug-likeness (QED) is 0.274. The van der Waals surface area contributed by atoms with Crippen LogP contribution in [0.5, 0.6) is 5.75 Å². The van der Waals surface area contributed by atoms with Crippen LogP contribution < -0.4 is 10.1 Å². The lowest BCUT2D eigenvalue weighted by molar-refractivity contribution is -0.275. The number of aliphatic hydroxyl groups excluding tert-OH is 1. The fraction of sp³-hybridized carbons (Fsp3) is 0.424. The van der Waals surface area contributed by atoms with Crippen LogP contribution in [0.25, 0.3) is 11.8 Å². The molecular weight excluding hydrogens is 610 g/mol. The second kappa shape index (κ2) is 14.7. The first-order chi connectivity index (χ1) is 21.3. The second-order valence-corrected chi connectivity index (χ2v) is 13.3. The van der Waals surface area contributed by atoms with Crippen LogP contribution in [0.1, 0.15) is 72.1 Å². The smallest absolute Gasteiger partial charge is 0.403 e. The van der Waals surface area contributed by atoms with Gasteiger partial charge in [-0.05, 0) is 116 Å². The lowest BCUT2D eigenvalue weighted by Crippen LogP contribution is -2.53. The number of nitrogens with one attached hydrogen (secondary N) is 1. The molecule has 1 atom stereocenters. The zero-order valence-electron chi connectivity index (χ0n) is 25.8. The Balaban J connectivity index is 1.48. The van der Waals surface area contributed by atoms with Gasteiger partial charge < -0.3 is 20.1 Å². The molecular formula is C33H39F4N3O4S. The molecule has 2 aliphatic heterocycles. The van der Waals surface area contributed by atoms with Crippen LogP contribution in [0.3, 0.4) is 0 Å². The minimum Gasteiger partial charge on any atom is -0.403 e. The van der Waals surface area contributed by atoms with Gasteiger partial charge in [-0.25, -0.2) is 4.39 Å². The van der Waals surface area contributed by atoms with Gasteiger partial charge in [0.25, 0.3) is 5.91 Å². The molecule has 2 heterocycles. The van der Waals surface area contributed by atoms with Crippen LogP contribution in [0.4, 0.5) is 17.6 Å². The minimum absolute atomic E-state index is 0.0899. The van der Waals surface area contributed by atoms with Gasteiger partial charge in [-0.1, -0.05) is 10.7 Å². The number of carbonyl (C=O) groups excluding carboxylic acids is 2. The van der Waals surface area contributed by atoms with E-state index in [1.165, 1.54) is 6.07 Å². The Hall–Kier alpha value is -3.48. The number of hydrogen-bond donors (Lipinski definition) is 2. The number of carbonyl (C=O) groups is 2. The molecule has 45 heavy (non-hydrogen) atoms. The van der Waals surface area contributed by atoms with Crippen LogP contribution >= 0.6 is 10.7 Å². The lowest BCUT2D eigenvalue weighted by atomic mass is 9.98. The van der Waals surface area contributed by atoms with Crippen molar-refractivity contribution in [3.63, 3.8) is 0 Å². The maximum atomic E-state index is 14.1. The van der Waals surface area contributed by atoms with Crippen molar-refractivity contribution in [2.24, 2.45) is 0 Å². The number of likely N-dealkylation sites (tertiary alicyclic amines) is 1. The maximum Gasteiger partial charge on any atom is 0.573 e. The minimum atomic E-state index is -5.05. The van der Waals surface area contributed by atoms with Crippen molar-refractivity contribution < 1.29 is 37.0 Å². The average molecular weight is 650 g/mol. The van der Waals surface area contributed by atoms with E-state index >= 15 is 0 Å². The molecule has 0 aromatic heterocycles. The van der Waals surface area contributed by atoms with Crippen molar-refractivity contribution in [2.45, 2.75) is 65.8 Å². The monoisotopic (exact) mass is 649 g/mol. The summed E-state index contributed by atoms with van der Waals surface area (Å²) in [4.78, 5) is 27.5. The molecule has 2 N–H and O–H groups in total. The Labute approximate surface area is 263 Å². The Bertz CT molecular complexity index is 1510. The van der Waals surface area contributed by atoms with Crippen molar-refractivity contribution >= 4 is 39.6 Å². The normalized spacial score (nSPS) is 20.1. The number of allylic oxidation sites excluding steroid dienone is 1. The van der Waals surface area contributed by atoms with Crippen molar-refractivity contribution in [1.29, 1.82) is 0 Å². The zero-order valence-corrected chi connectivity index (χ0v) is 26.7. The van der Waals surface area contributed by atoms with Gasteiger partial charge in [0.15, 0.2) is 11.6 Å². The number of β-amino-alcohol motifs (C(OH)–C–C–N with tert-alkyl or cyclic N) is 1. The largest absolute Gasteiger partial charge is 0.573 e. The van der Waals surface area contributed by atoms with Gasteiger partial charge in [-0.3, -0.25) is 13.9 Å². The number of amides is 2. The molecule has 12 heteroatoms. The molecule has 1 saturated heterocycles. The van der Waals surface area contributed by atoms with Crippen LogP contribution in [-0.4, -0.2) is 70.1 Å². The molecule has 0 radical (unpaired) electrons. The molecule has 1 unspecified atom stereocenters. The van der Waals surface area contributed by atoms with E-state index in [9.17, 15) is 32.3 Å². The average Bonchev–Trinajstić information content (AvgIpc) is 2.98. The fourth-order valence-electron chi connectivity index (χ4n) is 5.46. The van der Waals surface area contributed by atoms with Gasteiger partial charge in [-0.15, -0.1) is 13.2 Å². The summed E-state index contributed by atoms with van der Waals surface area (Å²) in [5.74, 6) is -2.49. The molecule has 4 rings (SSSR count). The van der Waals surface area contributed by atoms with Gasteiger partial charge >= 0.3 is 6.36 Å². The number of hydrogen-bond acceptors (Lipinski definition) is 5. The van der Waals surface area contributed by atoms with E-state index in [0.29, 0.717) is 37.3 Å². The highest BCUT2D eigenvalue weighted by atomic mass is 32.2. The van der Waals surface area contributed by atoms with Crippen LogP contribution in [-0.2, 0) is 4.79 Å². The van der Waals surface area contributed by atoms with Gasteiger partial charge in [0.2, 0.25) is 5.91 Å². The fourth-order valence-corrected chi connectivity index (χ4v) is 7.00. The molecule has 0 bridgehead atoms. The van der Waals surface area contributed by atoms with E-state index in [2.05, 4.69) is 31.2 Å². The lowest BCUT2D eigenvalue weighted by Gasteiger charge is -2.36. The van der Waals surface area contributed by atoms with Gasteiger partial charge in [0.05, 0.1) is 6.10 Å². The highest BCUT2D eigenvalue weighted by Crippen LogP contribution is 2.31. The summed E-state index contributed by atoms with van der Waals surface area (Å²) in [5.41, 5.74) is 4.92. The first-order valence-electron chi connectivity index (χ1n) is 14.8. The second-order valence-electron chi connectivity index (χ2n) is 11.3. The zero-order chi connectivity index (χ0) is 32.9. The van der Waals surface area contributed by atoms with Crippen molar-refractivity contribution in [1.82, 2.24) is 14.5 Å². The molecule has 244 valence electrons. The Morgan fingerprint density at radius 1 is 1.07 bits per heavy atom. The summed E-state index contributed by atoms with van der Waals surface area (Å²) < 4.78 is 58.6. The summed E-state index contributed by atoms with van der Waals surface area (Å²) in [5, 5.41) is 16.6. The highest BCUT2D eigenvalue weighted by Gasteiger charge is 2.33. The molecule has 7 nitrogen and oxygen atoms in total. The summed E-state index contributed by atoms with van der Waals surface area (Å²) in [7, 11) is -0.408. The third-order valence-electron chi connectivity index (χ3n) is 7.84. The third-order valence-corrected chi connectivity index (χ3v) is 9.70. The van der Waals surface area contributed by atoms with E-state index in [1.807, 2.05) is 39.8 Å². The summed E-state index contributed by atoms with van der Waals surface area (Å²) in [6.45, 7) is 9.60. The molecule has 1 fully saturated rings. The van der Waals surface area contributed by atoms with Crippen molar-refractivity contribution in [3.05, 3.63) is 74.9 Å². The van der Waals surface area contributed by atoms with Gasteiger partial charge in [0, 0.05) is 49.4 Å². The molecule has 0 saturated carbocycles. The number of halogens is 4. The number of aryl methyl sites for hydroxylation is 2. The highest BCUT2D eigenvalue weighted by molar-refractivity contribution is 8.15. The van der Waals surface area contributed by atoms with Crippen molar-refractivity contribution in [2.75, 3.05) is 26.2 Å². The van der Waals surface area contributed by atoms with E-state index < -0.39 is 34.7 Å². The number of aliphatic hydroxyl groups is 1. The number of alkyl halides is 3. The van der Waals surface area contributed by atoms with Crippen LogP contribution in [0.2, 0.25) is 0 Å². The Morgan fingerprint density at radius 3 is 2.38 bits per heavy atom. The van der Waals surface area contributed by atoms with E-state index in [1.54, 1.807) is 4.90 Å². The topological polar surface area (TPSA) is 82.1 Å². The standard InChI is InChI=1S/C33H39F4N3O4S/c1-5-45(15-12-27-22(3)16-25(17-23(27)4)32(43)39-19-26(41)20-39)40-13-7-6-8-21(2)31(38-30(42)11-14-40)24-9-10-28(34)29(18-24)44-33(35,36)37/h5,9-10,12,15-18,26,41H,6-8,11,13-14,19-20H2,1-4H3,(H,38,42)/b15-12+,31-21+. The summed E-state index contributed by atoms with van der Waals surface area (Å²) in [6.07, 6.45) is -1.10. The molecule has 2 amide bonds. The van der Waals surface area contributed by atoms with E-state index in [0.717, 1.165) is 53.8 Å². The summed E-state index contributed by atoms with van der Waals surface area (Å²) in [6, 6.07) is 6.94. The van der Waals surface area contributed by atoms with E-state index in [-0.39, 0.29) is 23.8 Å². The molecule has 2 aromatic carbocycles. The van der Waals surface area contributed by atoms with Crippen LogP contribution in [0.15, 0.2) is 41.3 Å². The number of ether oxygens (including phenoxy) is 1. The SMILES string of the molecule is C/C=S(/C=C/c1c(C)cc(C(=O)N2CC(O)C2)cc1C)N1CCCC/C(C)=C(\c2ccc(F)c(OC(F)(F)F)c2)NC(=O)CC1. The predicted molar refractivity (Wildman–Crippen MR) is 170 cm³/mol. The molecule has 0 aliphatic carbocycles. The van der Waals surface area contributed by atoms with Crippen LogP contribution in [0, 0.1) is 19.7 Å². The first kappa shape index (κ1) is 34.4. The predicted octanol–water partition coefficient (Wildman–Crippen LogP) is 6.56. The molecule has 2 aliphatic rings. The summed E-state index contributed by atoms with van der Waals surface area (Å²) >= 11 is 0.